The van der Waals surface area contributed by atoms with Gasteiger partial charge in [0.1, 0.15) is 6.33 Å². The van der Waals surface area contributed by atoms with Crippen LogP contribution in [0.1, 0.15) is 31.9 Å². The first-order chi connectivity index (χ1) is 10.4. The maximum Gasteiger partial charge on any atom is 0.237 e. The number of hydrogen-bond acceptors (Lipinski definition) is 4. The summed E-state index contributed by atoms with van der Waals surface area (Å²) in [6, 6.07) is 6.46. The fourth-order valence-electron chi connectivity index (χ4n) is 2.60. The SMILES string of the molecule is CC(C)(C)c1ccc2c(c1)CCN2C(=O)CSc1ncn[nH]1. The molecule has 6 heteroatoms. The minimum Gasteiger partial charge on any atom is -0.311 e. The van der Waals surface area contributed by atoms with E-state index in [0.29, 0.717) is 10.9 Å². The first kappa shape index (κ1) is 15.1. The molecule has 0 spiro atoms. The molecule has 1 amide bonds. The molecule has 0 saturated carbocycles. The van der Waals surface area contributed by atoms with E-state index < -0.39 is 0 Å². The van der Waals surface area contributed by atoms with Crippen molar-refractivity contribution < 1.29 is 4.79 Å². The Morgan fingerprint density at radius 2 is 2.23 bits per heavy atom. The monoisotopic (exact) mass is 316 g/mol. The third kappa shape index (κ3) is 3.02. The highest BCUT2D eigenvalue weighted by Gasteiger charge is 2.26. The van der Waals surface area contributed by atoms with E-state index in [9.17, 15) is 4.79 Å². The van der Waals surface area contributed by atoms with Crippen LogP contribution in [0.2, 0.25) is 0 Å². The quantitative estimate of drug-likeness (QED) is 0.885. The van der Waals surface area contributed by atoms with Crippen molar-refractivity contribution in [2.45, 2.75) is 37.8 Å². The van der Waals surface area contributed by atoms with Gasteiger partial charge in [-0.15, -0.1) is 0 Å². The van der Waals surface area contributed by atoms with Gasteiger partial charge < -0.3 is 4.90 Å². The van der Waals surface area contributed by atoms with E-state index in [2.05, 4.69) is 54.2 Å². The molecule has 0 radical (unpaired) electrons. The van der Waals surface area contributed by atoms with E-state index in [4.69, 9.17) is 0 Å². The molecule has 0 saturated heterocycles. The van der Waals surface area contributed by atoms with Gasteiger partial charge in [0.2, 0.25) is 5.91 Å². The van der Waals surface area contributed by atoms with Gasteiger partial charge in [-0.1, -0.05) is 44.7 Å². The summed E-state index contributed by atoms with van der Waals surface area (Å²) in [5.74, 6) is 0.485. The summed E-state index contributed by atoms with van der Waals surface area (Å²) in [6.07, 6.45) is 2.38. The smallest absolute Gasteiger partial charge is 0.237 e. The third-order valence-corrected chi connectivity index (χ3v) is 4.73. The molecule has 22 heavy (non-hydrogen) atoms. The number of aromatic amines is 1. The first-order valence-corrected chi connectivity index (χ1v) is 8.35. The number of anilines is 1. The fraction of sp³-hybridized carbons (Fsp3) is 0.438. The number of thioether (sulfide) groups is 1. The molecule has 1 aliphatic heterocycles. The van der Waals surface area contributed by atoms with Crippen LogP contribution in [0.3, 0.4) is 0 Å². The molecule has 0 unspecified atom stereocenters. The molecule has 1 N–H and O–H groups in total. The molecule has 1 aromatic heterocycles. The van der Waals surface area contributed by atoms with Crippen LogP contribution in [-0.4, -0.2) is 33.4 Å². The van der Waals surface area contributed by atoms with Crippen molar-refractivity contribution in [3.05, 3.63) is 35.7 Å². The zero-order valence-electron chi connectivity index (χ0n) is 13.1. The highest BCUT2D eigenvalue weighted by molar-refractivity contribution is 7.99. The molecule has 0 aliphatic carbocycles. The van der Waals surface area contributed by atoms with Gasteiger partial charge in [0.25, 0.3) is 0 Å². The number of carbonyl (C=O) groups is 1. The van der Waals surface area contributed by atoms with Crippen molar-refractivity contribution in [2.24, 2.45) is 0 Å². The molecule has 116 valence electrons. The average molecular weight is 316 g/mol. The van der Waals surface area contributed by atoms with Crippen molar-refractivity contribution in [1.29, 1.82) is 0 Å². The molecule has 0 fully saturated rings. The summed E-state index contributed by atoms with van der Waals surface area (Å²) < 4.78 is 0. The number of nitrogens with zero attached hydrogens (tertiary/aromatic N) is 3. The van der Waals surface area contributed by atoms with E-state index in [1.807, 2.05) is 4.90 Å². The van der Waals surface area contributed by atoms with Crippen molar-refractivity contribution in [1.82, 2.24) is 15.2 Å². The van der Waals surface area contributed by atoms with Crippen LogP contribution in [0.15, 0.2) is 29.7 Å². The van der Waals surface area contributed by atoms with Gasteiger partial charge in [-0.05, 0) is 29.0 Å². The molecule has 2 aromatic rings. The zero-order valence-corrected chi connectivity index (χ0v) is 13.9. The lowest BCUT2D eigenvalue weighted by Crippen LogP contribution is -2.30. The van der Waals surface area contributed by atoms with Gasteiger partial charge in [-0.3, -0.25) is 9.89 Å². The second kappa shape index (κ2) is 5.76. The second-order valence-corrected chi connectivity index (χ2v) is 7.43. The maximum absolute atomic E-state index is 12.4. The minimum absolute atomic E-state index is 0.114. The number of benzene rings is 1. The molecule has 5 nitrogen and oxygen atoms in total. The number of rotatable bonds is 3. The number of aromatic nitrogens is 3. The van der Waals surface area contributed by atoms with Gasteiger partial charge in [0, 0.05) is 12.2 Å². The van der Waals surface area contributed by atoms with E-state index in [0.717, 1.165) is 18.7 Å². The number of fused-ring (bicyclic) bond motifs is 1. The standard InChI is InChI=1S/C16H20N4OS/c1-16(2,3)12-4-5-13-11(8-12)6-7-20(13)14(21)9-22-15-17-10-18-19-15/h4-5,8,10H,6-7,9H2,1-3H3,(H,17,18,19). The van der Waals surface area contributed by atoms with Gasteiger partial charge in [0.15, 0.2) is 5.16 Å². The number of hydrogen-bond donors (Lipinski definition) is 1. The lowest BCUT2D eigenvalue weighted by Gasteiger charge is -2.21. The summed E-state index contributed by atoms with van der Waals surface area (Å²) in [5, 5.41) is 7.22. The van der Waals surface area contributed by atoms with E-state index in [-0.39, 0.29) is 11.3 Å². The number of carbonyl (C=O) groups excluding carboxylic acids is 1. The fourth-order valence-corrected chi connectivity index (χ4v) is 3.25. The zero-order chi connectivity index (χ0) is 15.7. The second-order valence-electron chi connectivity index (χ2n) is 6.47. The van der Waals surface area contributed by atoms with Crippen LogP contribution in [0, 0.1) is 0 Å². The first-order valence-electron chi connectivity index (χ1n) is 7.37. The van der Waals surface area contributed by atoms with Crippen LogP contribution in [-0.2, 0) is 16.6 Å². The minimum atomic E-state index is 0.114. The number of H-pyrrole nitrogens is 1. The summed E-state index contributed by atoms with van der Waals surface area (Å²) >= 11 is 1.38. The largest absolute Gasteiger partial charge is 0.311 e. The summed E-state index contributed by atoms with van der Waals surface area (Å²) in [7, 11) is 0. The molecule has 1 aromatic carbocycles. The Morgan fingerprint density at radius 3 is 2.91 bits per heavy atom. The number of nitrogens with one attached hydrogen (secondary N) is 1. The maximum atomic E-state index is 12.4. The van der Waals surface area contributed by atoms with E-state index in [1.165, 1.54) is 29.2 Å². The normalized spacial score (nSPS) is 14.2. The topological polar surface area (TPSA) is 61.9 Å². The highest BCUT2D eigenvalue weighted by Crippen LogP contribution is 2.33. The summed E-state index contributed by atoms with van der Waals surface area (Å²) in [5.41, 5.74) is 3.77. The molecule has 1 aliphatic rings. The Hall–Kier alpha value is -1.82. The van der Waals surface area contributed by atoms with Crippen molar-refractivity contribution in [3.8, 4) is 0 Å². The van der Waals surface area contributed by atoms with E-state index >= 15 is 0 Å². The summed E-state index contributed by atoms with van der Waals surface area (Å²) in [4.78, 5) is 18.3. The van der Waals surface area contributed by atoms with Gasteiger partial charge in [0.05, 0.1) is 5.75 Å². The van der Waals surface area contributed by atoms with Crippen LogP contribution in [0.5, 0.6) is 0 Å². The predicted molar refractivity (Wildman–Crippen MR) is 88.3 cm³/mol. The average Bonchev–Trinajstić information content (AvgIpc) is 3.12. The van der Waals surface area contributed by atoms with Gasteiger partial charge >= 0.3 is 0 Å². The Bertz CT molecular complexity index is 676. The summed E-state index contributed by atoms with van der Waals surface area (Å²) in [6.45, 7) is 7.39. The van der Waals surface area contributed by atoms with Crippen molar-refractivity contribution in [2.75, 3.05) is 17.2 Å². The van der Waals surface area contributed by atoms with Crippen molar-refractivity contribution in [3.63, 3.8) is 0 Å². The Balaban J connectivity index is 1.72. The van der Waals surface area contributed by atoms with Gasteiger partial charge in [-0.25, -0.2) is 4.98 Å². The molecular formula is C16H20N4OS. The molecular weight excluding hydrogens is 296 g/mol. The number of amides is 1. The van der Waals surface area contributed by atoms with E-state index in [1.54, 1.807) is 0 Å². The molecule has 2 heterocycles. The molecule has 3 rings (SSSR count). The lowest BCUT2D eigenvalue weighted by atomic mass is 9.86. The van der Waals surface area contributed by atoms with Crippen LogP contribution < -0.4 is 4.90 Å². The molecule has 0 bridgehead atoms. The van der Waals surface area contributed by atoms with Gasteiger partial charge in [-0.2, -0.15) is 5.10 Å². The lowest BCUT2D eigenvalue weighted by molar-refractivity contribution is -0.116. The Morgan fingerprint density at radius 1 is 1.41 bits per heavy atom. The molecule has 0 atom stereocenters. The Kier molecular flexibility index (Phi) is 3.95. The van der Waals surface area contributed by atoms with Crippen LogP contribution in [0.25, 0.3) is 0 Å². The third-order valence-electron chi connectivity index (χ3n) is 3.87. The Labute approximate surface area is 134 Å². The highest BCUT2D eigenvalue weighted by atomic mass is 32.2. The van der Waals surface area contributed by atoms with Crippen LogP contribution >= 0.6 is 11.8 Å². The van der Waals surface area contributed by atoms with Crippen molar-refractivity contribution >= 4 is 23.4 Å². The van der Waals surface area contributed by atoms with Crippen LogP contribution in [0.4, 0.5) is 5.69 Å². The predicted octanol–water partition coefficient (Wildman–Crippen LogP) is 2.78.